The van der Waals surface area contributed by atoms with Crippen LogP contribution in [0.3, 0.4) is 0 Å². The minimum Gasteiger partial charge on any atom is -0.504 e. The van der Waals surface area contributed by atoms with Crippen molar-refractivity contribution in [1.29, 1.82) is 0 Å². The highest BCUT2D eigenvalue weighted by Gasteiger charge is 2.22. The number of nitrogens with zero attached hydrogens (tertiary/aromatic N) is 4. The molecule has 0 amide bonds. The first-order valence-corrected chi connectivity index (χ1v) is 8.94. The summed E-state index contributed by atoms with van der Waals surface area (Å²) in [5, 5.41) is 15.2. The number of anilines is 1. The molecule has 0 spiro atoms. The maximum absolute atomic E-state index is 12.2. The molecule has 4 rings (SSSR count). The third kappa shape index (κ3) is 2.72. The summed E-state index contributed by atoms with van der Waals surface area (Å²) >= 11 is 1.42. The van der Waals surface area contributed by atoms with Crippen molar-refractivity contribution in [2.24, 2.45) is 0 Å². The number of hydrogen-bond acceptors (Lipinski definition) is 7. The fraction of sp³-hybridized carbons (Fsp3) is 0.353. The first kappa shape index (κ1) is 15.9. The van der Waals surface area contributed by atoms with Gasteiger partial charge < -0.3 is 14.7 Å². The lowest BCUT2D eigenvalue weighted by atomic mass is 9.99. The fourth-order valence-corrected chi connectivity index (χ4v) is 4.01. The van der Waals surface area contributed by atoms with Gasteiger partial charge in [-0.1, -0.05) is 18.3 Å². The number of rotatable bonds is 3. The molecule has 0 aliphatic carbocycles. The number of fused-ring (bicyclic) bond motifs is 2. The summed E-state index contributed by atoms with van der Waals surface area (Å²) in [6, 6.07) is 5.17. The quantitative estimate of drug-likeness (QED) is 0.771. The Labute approximate surface area is 148 Å². The number of methoxy groups -OCH3 is 1. The Kier molecular flexibility index (Phi) is 3.84. The molecule has 1 aliphatic heterocycles. The van der Waals surface area contributed by atoms with Gasteiger partial charge in [-0.2, -0.15) is 4.52 Å². The zero-order valence-corrected chi connectivity index (χ0v) is 14.8. The van der Waals surface area contributed by atoms with Crippen molar-refractivity contribution in [3.05, 3.63) is 45.4 Å². The number of aryl methyl sites for hydroxylation is 1. The van der Waals surface area contributed by atoms with Gasteiger partial charge in [0, 0.05) is 24.8 Å². The molecular weight excluding hydrogens is 340 g/mol. The van der Waals surface area contributed by atoms with Crippen molar-refractivity contribution in [2.75, 3.05) is 18.6 Å². The lowest BCUT2D eigenvalue weighted by molar-refractivity contribution is 0.372. The van der Waals surface area contributed by atoms with E-state index in [0.717, 1.165) is 41.3 Å². The molecule has 8 heteroatoms. The van der Waals surface area contributed by atoms with E-state index in [4.69, 9.17) is 4.74 Å². The van der Waals surface area contributed by atoms with Gasteiger partial charge in [-0.15, -0.1) is 5.10 Å². The number of phenols is 1. The molecule has 2 aromatic heterocycles. The Balaban J connectivity index is 1.71. The number of aromatic hydroxyl groups is 1. The van der Waals surface area contributed by atoms with E-state index >= 15 is 0 Å². The molecule has 25 heavy (non-hydrogen) atoms. The summed E-state index contributed by atoms with van der Waals surface area (Å²) in [6.45, 7) is 3.40. The molecule has 0 unspecified atom stereocenters. The summed E-state index contributed by atoms with van der Waals surface area (Å²) in [7, 11) is 1.54. The van der Waals surface area contributed by atoms with Gasteiger partial charge in [0.05, 0.1) is 7.11 Å². The van der Waals surface area contributed by atoms with Crippen LogP contribution >= 0.6 is 11.3 Å². The zero-order chi connectivity index (χ0) is 17.6. The topological polar surface area (TPSA) is 80.0 Å². The van der Waals surface area contributed by atoms with Crippen molar-refractivity contribution < 1.29 is 9.84 Å². The van der Waals surface area contributed by atoms with E-state index in [1.165, 1.54) is 21.9 Å². The maximum Gasteiger partial charge on any atom is 0.275 e. The van der Waals surface area contributed by atoms with E-state index in [1.807, 2.05) is 13.0 Å². The van der Waals surface area contributed by atoms with E-state index in [9.17, 15) is 9.90 Å². The van der Waals surface area contributed by atoms with E-state index in [1.54, 1.807) is 13.2 Å². The van der Waals surface area contributed by atoms with Crippen molar-refractivity contribution in [3.8, 4) is 11.5 Å². The van der Waals surface area contributed by atoms with Gasteiger partial charge in [-0.25, -0.2) is 4.98 Å². The van der Waals surface area contributed by atoms with Gasteiger partial charge in [-0.05, 0) is 36.1 Å². The molecule has 0 saturated heterocycles. The molecular formula is C17H18N4O3S. The van der Waals surface area contributed by atoms with Gasteiger partial charge in [0.1, 0.15) is 0 Å². The van der Waals surface area contributed by atoms with Crippen LogP contribution in [0.1, 0.15) is 23.7 Å². The molecule has 0 saturated carbocycles. The fourth-order valence-electron chi connectivity index (χ4n) is 3.06. The third-order valence-electron chi connectivity index (χ3n) is 4.43. The first-order valence-electron chi connectivity index (χ1n) is 8.12. The molecule has 1 N–H and O–H groups in total. The Morgan fingerprint density at radius 2 is 2.16 bits per heavy atom. The van der Waals surface area contributed by atoms with E-state index in [2.05, 4.69) is 15.0 Å². The highest BCUT2D eigenvalue weighted by atomic mass is 32.1. The Hall–Kier alpha value is -2.61. The van der Waals surface area contributed by atoms with Crippen LogP contribution < -0.4 is 15.2 Å². The molecule has 0 atom stereocenters. The molecule has 3 aromatic rings. The standard InChI is InChI=1S/C17H18N4O3S/c1-3-12-8-15(23)21-16(18-12)25-17(19-21)20-5-4-10-6-13(22)14(24-2)7-11(10)9-20/h6-8,22H,3-5,9H2,1-2H3. The Morgan fingerprint density at radius 3 is 2.92 bits per heavy atom. The summed E-state index contributed by atoms with van der Waals surface area (Å²) in [6.07, 6.45) is 1.52. The minimum atomic E-state index is -0.145. The first-order chi connectivity index (χ1) is 12.1. The van der Waals surface area contributed by atoms with E-state index in [0.29, 0.717) is 17.3 Å². The highest BCUT2D eigenvalue weighted by molar-refractivity contribution is 7.20. The SMILES string of the molecule is CCc1cc(=O)n2nc(N3CCc4cc(O)c(OC)cc4C3)sc2n1. The summed E-state index contributed by atoms with van der Waals surface area (Å²) in [5.41, 5.74) is 2.84. The molecule has 0 fully saturated rings. The maximum atomic E-state index is 12.2. The lowest BCUT2D eigenvalue weighted by Crippen LogP contribution is -2.30. The summed E-state index contributed by atoms with van der Waals surface area (Å²) < 4.78 is 6.57. The minimum absolute atomic E-state index is 0.145. The lowest BCUT2D eigenvalue weighted by Gasteiger charge is -2.28. The van der Waals surface area contributed by atoms with Crippen LogP contribution in [0, 0.1) is 0 Å². The second-order valence-corrected chi connectivity index (χ2v) is 6.92. The number of phenolic OH excluding ortho intramolecular Hbond substituents is 1. The highest BCUT2D eigenvalue weighted by Crippen LogP contribution is 2.34. The second kappa shape index (κ2) is 6.03. The van der Waals surface area contributed by atoms with Crippen LogP contribution in [0.15, 0.2) is 23.0 Å². The van der Waals surface area contributed by atoms with E-state index < -0.39 is 0 Å². The third-order valence-corrected chi connectivity index (χ3v) is 5.40. The molecule has 3 heterocycles. The normalized spacial score (nSPS) is 13.9. The van der Waals surface area contributed by atoms with Crippen LogP contribution in [0.4, 0.5) is 5.13 Å². The van der Waals surface area contributed by atoms with Gasteiger partial charge in [0.2, 0.25) is 10.1 Å². The van der Waals surface area contributed by atoms with Gasteiger partial charge in [-0.3, -0.25) is 4.79 Å². The van der Waals surface area contributed by atoms with Crippen LogP contribution in [-0.4, -0.2) is 33.4 Å². The predicted molar refractivity (Wildman–Crippen MR) is 95.9 cm³/mol. The van der Waals surface area contributed by atoms with Crippen LogP contribution in [-0.2, 0) is 19.4 Å². The van der Waals surface area contributed by atoms with Gasteiger partial charge in [0.15, 0.2) is 11.5 Å². The molecule has 7 nitrogen and oxygen atoms in total. The molecule has 1 aromatic carbocycles. The van der Waals surface area contributed by atoms with Crippen LogP contribution in [0.5, 0.6) is 11.5 Å². The second-order valence-electron chi connectivity index (χ2n) is 5.98. The smallest absolute Gasteiger partial charge is 0.275 e. The number of benzene rings is 1. The number of hydrogen-bond donors (Lipinski definition) is 1. The van der Waals surface area contributed by atoms with Crippen molar-refractivity contribution >= 4 is 21.4 Å². The van der Waals surface area contributed by atoms with Crippen LogP contribution in [0.25, 0.3) is 4.96 Å². The zero-order valence-electron chi connectivity index (χ0n) is 14.0. The Morgan fingerprint density at radius 1 is 1.32 bits per heavy atom. The van der Waals surface area contributed by atoms with Crippen molar-refractivity contribution in [3.63, 3.8) is 0 Å². The average molecular weight is 358 g/mol. The Bertz CT molecular complexity index is 1010. The molecule has 0 radical (unpaired) electrons. The largest absolute Gasteiger partial charge is 0.504 e. The molecule has 130 valence electrons. The van der Waals surface area contributed by atoms with Gasteiger partial charge in [0.25, 0.3) is 5.56 Å². The van der Waals surface area contributed by atoms with E-state index in [-0.39, 0.29) is 11.3 Å². The van der Waals surface area contributed by atoms with Crippen LogP contribution in [0.2, 0.25) is 0 Å². The monoisotopic (exact) mass is 358 g/mol. The predicted octanol–water partition coefficient (Wildman–Crippen LogP) is 1.99. The van der Waals surface area contributed by atoms with Crippen molar-refractivity contribution in [1.82, 2.24) is 14.6 Å². The summed E-state index contributed by atoms with van der Waals surface area (Å²) in [5.74, 6) is 0.632. The molecule has 0 bridgehead atoms. The average Bonchev–Trinajstić information content (AvgIpc) is 3.05. The van der Waals surface area contributed by atoms with Crippen molar-refractivity contribution in [2.45, 2.75) is 26.3 Å². The summed E-state index contributed by atoms with van der Waals surface area (Å²) in [4.78, 5) is 19.4. The molecule has 1 aliphatic rings. The number of ether oxygens (including phenoxy) is 1. The number of aromatic nitrogens is 3. The van der Waals surface area contributed by atoms with Gasteiger partial charge >= 0.3 is 0 Å².